The second kappa shape index (κ2) is 25.6. The van der Waals surface area contributed by atoms with Crippen LogP contribution in [0, 0.1) is 0 Å². The molecule has 0 aliphatic carbocycles. The number of aliphatic hydroxyl groups excluding tert-OH is 1. The molecule has 3 aromatic carbocycles. The molecule has 0 saturated carbocycles. The zero-order valence-electron chi connectivity index (χ0n) is 35.7. The smallest absolute Gasteiger partial charge is 0.272 e. The number of amides is 7. The van der Waals surface area contributed by atoms with Crippen molar-refractivity contribution < 1.29 is 38.7 Å². The Hall–Kier alpha value is -9.64. The van der Waals surface area contributed by atoms with Gasteiger partial charge in [0.15, 0.2) is 30.0 Å². The summed E-state index contributed by atoms with van der Waals surface area (Å²) in [7, 11) is 0. The van der Waals surface area contributed by atoms with Crippen LogP contribution in [0.3, 0.4) is 0 Å². The van der Waals surface area contributed by atoms with Crippen LogP contribution in [-0.4, -0.2) is 114 Å². The molecule has 0 heterocycles. The highest BCUT2D eigenvalue weighted by Crippen LogP contribution is 2.15. The first-order valence-electron chi connectivity index (χ1n) is 19.4. The van der Waals surface area contributed by atoms with Crippen molar-refractivity contribution in [1.29, 1.82) is 0 Å². The quantitative estimate of drug-likeness (QED) is 0.0192. The summed E-state index contributed by atoms with van der Waals surface area (Å²) >= 11 is 0. The number of carbonyl (C=O) groups excluding carboxylic acids is 7. The summed E-state index contributed by atoms with van der Waals surface area (Å²) in [5.74, 6) is -12.0. The third-order valence-corrected chi connectivity index (χ3v) is 8.31. The molecule has 0 bridgehead atoms. The molecule has 0 radical (unpaired) electrons. The second-order valence-corrected chi connectivity index (χ2v) is 13.7. The van der Waals surface area contributed by atoms with Crippen molar-refractivity contribution in [3.63, 3.8) is 0 Å². The van der Waals surface area contributed by atoms with Crippen molar-refractivity contribution in [1.82, 2.24) is 31.9 Å². The number of nitrogens with two attached hydrogens (primary N) is 10. The summed E-state index contributed by atoms with van der Waals surface area (Å²) in [5.41, 5.74) is 56.7. The molecular formula is C39H51N21O8. The molecule has 29 nitrogen and oxygen atoms in total. The fraction of sp³-hybridized carbons (Fsp3) is 0.179. The lowest BCUT2D eigenvalue weighted by molar-refractivity contribution is -0.136. The molecule has 0 spiro atoms. The minimum atomic E-state index is -2.18. The van der Waals surface area contributed by atoms with Gasteiger partial charge in [-0.05, 0) is 22.3 Å². The van der Waals surface area contributed by atoms with E-state index in [1.54, 1.807) is 30.3 Å². The number of aliphatic imine (C=N–C) groups is 5. The Balaban J connectivity index is 1.82. The van der Waals surface area contributed by atoms with Crippen LogP contribution in [0.1, 0.15) is 28.3 Å². The predicted octanol–water partition coefficient (Wildman–Crippen LogP) is -7.80. The van der Waals surface area contributed by atoms with Gasteiger partial charge in [-0.25, -0.2) is 20.0 Å². The molecule has 29 heteroatoms. The first-order chi connectivity index (χ1) is 32.1. The first-order valence-corrected chi connectivity index (χ1v) is 19.4. The van der Waals surface area contributed by atoms with E-state index in [1.807, 2.05) is 58.4 Å². The second-order valence-electron chi connectivity index (χ2n) is 13.7. The summed E-state index contributed by atoms with van der Waals surface area (Å²) in [6.45, 7) is 0. The topological polar surface area (TPSA) is 534 Å². The molecule has 0 aliphatic heterocycles. The van der Waals surface area contributed by atoms with Crippen LogP contribution in [0.2, 0.25) is 0 Å². The third-order valence-electron chi connectivity index (χ3n) is 8.31. The van der Waals surface area contributed by atoms with Gasteiger partial charge < -0.3 is 94.3 Å². The Bertz CT molecular complexity index is 2450. The van der Waals surface area contributed by atoms with Crippen LogP contribution in [0.4, 0.5) is 0 Å². The number of guanidine groups is 4. The van der Waals surface area contributed by atoms with Crippen LogP contribution >= 0.6 is 0 Å². The molecule has 7 amide bonds. The molecule has 0 aliphatic rings. The Morgan fingerprint density at radius 1 is 0.441 bits per heavy atom. The van der Waals surface area contributed by atoms with Crippen molar-refractivity contribution in [2.24, 2.45) is 82.3 Å². The maximum atomic E-state index is 13.9. The van der Waals surface area contributed by atoms with E-state index in [0.29, 0.717) is 5.56 Å². The summed E-state index contributed by atoms with van der Waals surface area (Å²) < 4.78 is 0. The van der Waals surface area contributed by atoms with E-state index in [2.05, 4.69) is 40.9 Å². The standard InChI is InChI=1S/C39H51N21O8/c40-23(24(41)61)52-30(63)25(57-36(42)43)54-32(65)27(59-38(46)47)56-33(66)28(60-39(48)49)55-31(64)26(58-37(44)45)53-29(62)22(21-9-5-2-6-10-21)51-35(68)34(67)50-17-20-15-13-19(14-16-20)12-11-18-7-3-1-4-8-18/h1-17,22-23,25-28,34,67H,40H2,(H2,41,61)(H,51,68)(H,52,63)(H,53,62)(H,54,65)(H,55,64)(H,56,66)(H4,42,43,57)(H4,44,45,58)(H4,46,47,59)(H4,48,49,60)/b12-11+,50-17?. The van der Waals surface area contributed by atoms with Gasteiger partial charge in [-0.2, -0.15) is 0 Å². The zero-order valence-corrected chi connectivity index (χ0v) is 35.7. The number of rotatable bonds is 22. The van der Waals surface area contributed by atoms with E-state index in [0.717, 1.165) is 11.1 Å². The van der Waals surface area contributed by atoms with E-state index >= 15 is 0 Å². The molecule has 68 heavy (non-hydrogen) atoms. The zero-order chi connectivity index (χ0) is 50.5. The average molecular weight is 942 g/mol. The molecule has 7 atom stereocenters. The van der Waals surface area contributed by atoms with E-state index < -0.39 is 108 Å². The fourth-order valence-electron chi connectivity index (χ4n) is 5.22. The molecule has 0 saturated heterocycles. The third kappa shape index (κ3) is 17.9. The van der Waals surface area contributed by atoms with Gasteiger partial charge in [0.1, 0.15) is 6.04 Å². The summed E-state index contributed by atoms with van der Waals surface area (Å²) in [6.07, 6.45) is -7.18. The number of hydrogen-bond donors (Lipinski definition) is 17. The van der Waals surface area contributed by atoms with E-state index in [1.165, 1.54) is 30.5 Å². The molecule has 27 N–H and O–H groups in total. The summed E-state index contributed by atoms with van der Waals surface area (Å²) in [6, 6.07) is 22.5. The number of nitrogens with one attached hydrogen (secondary N) is 6. The summed E-state index contributed by atoms with van der Waals surface area (Å²) in [5, 5.41) is 23.3. The van der Waals surface area contributed by atoms with Crippen LogP contribution < -0.4 is 89.2 Å². The molecule has 7 unspecified atom stereocenters. The predicted molar refractivity (Wildman–Crippen MR) is 249 cm³/mol. The minimum absolute atomic E-state index is 0.148. The molecular weight excluding hydrogens is 891 g/mol. The number of benzene rings is 3. The van der Waals surface area contributed by atoms with Gasteiger partial charge >= 0.3 is 0 Å². The van der Waals surface area contributed by atoms with Gasteiger partial charge in [0.05, 0.1) is 0 Å². The number of nitrogens with zero attached hydrogens (tertiary/aromatic N) is 5. The maximum Gasteiger partial charge on any atom is 0.272 e. The minimum Gasteiger partial charge on any atom is -0.370 e. The van der Waals surface area contributed by atoms with Gasteiger partial charge in [0.2, 0.25) is 36.8 Å². The van der Waals surface area contributed by atoms with Gasteiger partial charge in [-0.15, -0.1) is 0 Å². The monoisotopic (exact) mass is 941 g/mol. The number of primary amides is 1. The Labute approximate surface area is 386 Å². The largest absolute Gasteiger partial charge is 0.370 e. The van der Waals surface area contributed by atoms with E-state index in [4.69, 9.17) is 57.3 Å². The first kappa shape index (κ1) is 52.7. The highest BCUT2D eigenvalue weighted by atomic mass is 16.3. The Kier molecular flexibility index (Phi) is 19.8. The van der Waals surface area contributed by atoms with Gasteiger partial charge in [-0.3, -0.25) is 38.6 Å². The molecule has 0 fully saturated rings. The number of aliphatic hydroxyl groups is 1. The van der Waals surface area contributed by atoms with E-state index in [9.17, 15) is 38.7 Å². The van der Waals surface area contributed by atoms with Crippen LogP contribution in [0.5, 0.6) is 0 Å². The lowest BCUT2D eigenvalue weighted by Gasteiger charge is -2.24. The lowest BCUT2D eigenvalue weighted by Crippen LogP contribution is -2.60. The average Bonchev–Trinajstić information content (AvgIpc) is 3.28. The van der Waals surface area contributed by atoms with Crippen LogP contribution in [0.25, 0.3) is 12.2 Å². The van der Waals surface area contributed by atoms with Crippen LogP contribution in [0.15, 0.2) is 110 Å². The Morgan fingerprint density at radius 3 is 1.19 bits per heavy atom. The van der Waals surface area contributed by atoms with Gasteiger partial charge in [-0.1, -0.05) is 97.1 Å². The molecule has 360 valence electrons. The summed E-state index contributed by atoms with van der Waals surface area (Å²) in [4.78, 5) is 110. The van der Waals surface area contributed by atoms with Crippen LogP contribution in [-0.2, 0) is 33.6 Å². The fourth-order valence-corrected chi connectivity index (χ4v) is 5.22. The lowest BCUT2D eigenvalue weighted by atomic mass is 10.1. The normalized spacial score (nSPS) is 13.9. The SMILES string of the molecule is NC(=O)C(N)NC(=O)C(N=C(N)N)NC(=O)C(N=C(N)N)NC(=O)C(N=C(N)N)NC(=O)C(N=C(N)N)NC(=O)C(NC(=O)C(O)N=Cc1ccc(/C=C/c2ccccc2)cc1)c1ccccc1. The van der Waals surface area contributed by atoms with Crippen molar-refractivity contribution in [3.8, 4) is 0 Å². The van der Waals surface area contributed by atoms with Gasteiger partial charge in [0, 0.05) is 6.21 Å². The molecule has 0 aromatic heterocycles. The highest BCUT2D eigenvalue weighted by Gasteiger charge is 2.34. The van der Waals surface area contributed by atoms with E-state index in [-0.39, 0.29) is 5.56 Å². The number of carbonyl (C=O) groups is 7. The van der Waals surface area contributed by atoms with Crippen molar-refractivity contribution in [2.45, 2.75) is 43.1 Å². The maximum absolute atomic E-state index is 13.9. The number of hydrogen-bond acceptors (Lipinski definition) is 14. The highest BCUT2D eigenvalue weighted by molar-refractivity contribution is 5.99. The van der Waals surface area contributed by atoms with Gasteiger partial charge in [0.25, 0.3) is 35.4 Å². The Morgan fingerprint density at radius 2 is 0.794 bits per heavy atom. The molecule has 3 aromatic rings. The van der Waals surface area contributed by atoms with Crippen molar-refractivity contribution in [2.75, 3.05) is 0 Å². The van der Waals surface area contributed by atoms with Crippen molar-refractivity contribution in [3.05, 3.63) is 107 Å². The van der Waals surface area contributed by atoms with Crippen molar-refractivity contribution >= 4 is 83.6 Å². The molecule has 3 rings (SSSR count).